The average Bonchev–Trinajstić information content (AvgIpc) is 2.67. The minimum atomic E-state index is 0.511. The molecule has 1 aliphatic rings. The number of fused-ring (bicyclic) bond motifs is 1. The van der Waals surface area contributed by atoms with Crippen LogP contribution in [0.15, 0.2) is 24.3 Å². The lowest BCUT2D eigenvalue weighted by atomic mass is 10.1. The molecule has 0 N–H and O–H groups in total. The van der Waals surface area contributed by atoms with Crippen LogP contribution in [0, 0.1) is 0 Å². The fourth-order valence-corrected chi connectivity index (χ4v) is 3.83. The molecule has 2 unspecified atom stereocenters. The van der Waals surface area contributed by atoms with Gasteiger partial charge in [0, 0.05) is 6.04 Å². The Balaban J connectivity index is 2.14. The van der Waals surface area contributed by atoms with E-state index in [0.29, 0.717) is 10.9 Å². The molecule has 0 radical (unpaired) electrons. The molecule has 0 heterocycles. The number of nitrogens with zero attached hydrogens (tertiary/aromatic N) is 1. The SMILES string of the molecule is CCCN(CCC)C1Cc2ccccc2C1Br. The molecule has 0 bridgehead atoms. The highest BCUT2D eigenvalue weighted by Gasteiger charge is 2.33. The number of alkyl halides is 1. The van der Waals surface area contributed by atoms with Gasteiger partial charge in [0.2, 0.25) is 0 Å². The number of hydrogen-bond donors (Lipinski definition) is 0. The molecule has 0 saturated carbocycles. The molecule has 1 aromatic carbocycles. The van der Waals surface area contributed by atoms with E-state index in [4.69, 9.17) is 0 Å². The van der Waals surface area contributed by atoms with Crippen molar-refractivity contribution in [1.82, 2.24) is 4.90 Å². The van der Waals surface area contributed by atoms with Gasteiger partial charge in [-0.3, -0.25) is 4.90 Å². The lowest BCUT2D eigenvalue weighted by molar-refractivity contribution is 0.201. The summed E-state index contributed by atoms with van der Waals surface area (Å²) in [6, 6.07) is 9.50. The molecule has 0 aliphatic heterocycles. The van der Waals surface area contributed by atoms with Gasteiger partial charge in [-0.25, -0.2) is 0 Å². The minimum absolute atomic E-state index is 0.511. The molecule has 1 nitrogen and oxygen atoms in total. The van der Waals surface area contributed by atoms with Crippen molar-refractivity contribution in [2.75, 3.05) is 13.1 Å². The molecule has 0 aromatic heterocycles. The van der Waals surface area contributed by atoms with Crippen molar-refractivity contribution in [3.05, 3.63) is 35.4 Å². The maximum Gasteiger partial charge on any atom is 0.0556 e. The van der Waals surface area contributed by atoms with Gasteiger partial charge in [0.15, 0.2) is 0 Å². The Bertz CT molecular complexity index is 358. The van der Waals surface area contributed by atoms with Crippen LogP contribution in [0.25, 0.3) is 0 Å². The van der Waals surface area contributed by atoms with Crippen LogP contribution in [0.2, 0.25) is 0 Å². The molecule has 2 atom stereocenters. The summed E-state index contributed by atoms with van der Waals surface area (Å²) in [4.78, 5) is 3.16. The Hall–Kier alpha value is -0.340. The first-order valence-electron chi connectivity index (χ1n) is 6.73. The first kappa shape index (κ1) is 13.1. The normalized spacial score (nSPS) is 23.1. The average molecular weight is 296 g/mol. The van der Waals surface area contributed by atoms with Crippen LogP contribution in [0.4, 0.5) is 0 Å². The van der Waals surface area contributed by atoms with Crippen LogP contribution in [0.5, 0.6) is 0 Å². The summed E-state index contributed by atoms with van der Waals surface area (Å²) in [7, 11) is 0. The zero-order valence-electron chi connectivity index (χ0n) is 10.8. The van der Waals surface area contributed by atoms with E-state index in [1.165, 1.54) is 43.5 Å². The first-order valence-corrected chi connectivity index (χ1v) is 7.65. The molecular formula is C15H22BrN. The lowest BCUT2D eigenvalue weighted by Crippen LogP contribution is -2.38. The van der Waals surface area contributed by atoms with Gasteiger partial charge in [0.25, 0.3) is 0 Å². The van der Waals surface area contributed by atoms with E-state index in [9.17, 15) is 0 Å². The Morgan fingerprint density at radius 1 is 1.18 bits per heavy atom. The Labute approximate surface area is 113 Å². The second kappa shape index (κ2) is 6.01. The third-order valence-electron chi connectivity index (χ3n) is 3.61. The summed E-state index contributed by atoms with van der Waals surface area (Å²) < 4.78 is 0. The third kappa shape index (κ3) is 2.74. The van der Waals surface area contributed by atoms with Gasteiger partial charge >= 0.3 is 0 Å². The van der Waals surface area contributed by atoms with Crippen molar-refractivity contribution < 1.29 is 0 Å². The van der Waals surface area contributed by atoms with E-state index in [-0.39, 0.29) is 0 Å². The predicted molar refractivity (Wildman–Crippen MR) is 77.8 cm³/mol. The van der Waals surface area contributed by atoms with Gasteiger partial charge in [-0.1, -0.05) is 54.0 Å². The number of halogens is 1. The molecule has 1 aromatic rings. The third-order valence-corrected chi connectivity index (χ3v) is 4.71. The summed E-state index contributed by atoms with van der Waals surface area (Å²) in [5.41, 5.74) is 3.02. The molecule has 2 heteroatoms. The van der Waals surface area contributed by atoms with Gasteiger partial charge in [0.1, 0.15) is 0 Å². The van der Waals surface area contributed by atoms with E-state index in [1.54, 1.807) is 0 Å². The Kier molecular flexibility index (Phi) is 4.63. The highest BCUT2D eigenvalue weighted by molar-refractivity contribution is 9.09. The molecule has 2 rings (SSSR count). The van der Waals surface area contributed by atoms with E-state index in [1.807, 2.05) is 0 Å². The summed E-state index contributed by atoms with van der Waals surface area (Å²) in [5, 5.41) is 0. The molecular weight excluding hydrogens is 274 g/mol. The Morgan fingerprint density at radius 3 is 2.41 bits per heavy atom. The van der Waals surface area contributed by atoms with Crippen LogP contribution < -0.4 is 0 Å². The van der Waals surface area contributed by atoms with Gasteiger partial charge in [-0.2, -0.15) is 0 Å². The standard InChI is InChI=1S/C15H22BrN/c1-3-9-17(10-4-2)14-11-12-7-5-6-8-13(12)15(14)16/h5-8,14-15H,3-4,9-11H2,1-2H3. The van der Waals surface area contributed by atoms with E-state index < -0.39 is 0 Å². The van der Waals surface area contributed by atoms with Gasteiger partial charge in [-0.15, -0.1) is 0 Å². The van der Waals surface area contributed by atoms with Gasteiger partial charge < -0.3 is 0 Å². The van der Waals surface area contributed by atoms with E-state index >= 15 is 0 Å². The van der Waals surface area contributed by atoms with Gasteiger partial charge in [0.05, 0.1) is 4.83 Å². The van der Waals surface area contributed by atoms with Crippen molar-refractivity contribution in [3.8, 4) is 0 Å². The van der Waals surface area contributed by atoms with Crippen LogP contribution in [0.1, 0.15) is 42.6 Å². The highest BCUT2D eigenvalue weighted by Crippen LogP contribution is 2.40. The topological polar surface area (TPSA) is 3.24 Å². The van der Waals surface area contributed by atoms with E-state index in [0.717, 1.165) is 0 Å². The largest absolute Gasteiger partial charge is 0.299 e. The first-order chi connectivity index (χ1) is 8.27. The van der Waals surface area contributed by atoms with Crippen LogP contribution in [-0.2, 0) is 6.42 Å². The predicted octanol–water partition coefficient (Wildman–Crippen LogP) is 4.17. The summed E-state index contributed by atoms with van der Waals surface area (Å²) in [6.07, 6.45) is 3.69. The molecule has 94 valence electrons. The summed E-state index contributed by atoms with van der Waals surface area (Å²) in [5.74, 6) is 0. The zero-order valence-corrected chi connectivity index (χ0v) is 12.4. The maximum atomic E-state index is 3.90. The van der Waals surface area contributed by atoms with Crippen molar-refractivity contribution >= 4 is 15.9 Å². The monoisotopic (exact) mass is 295 g/mol. The Morgan fingerprint density at radius 2 is 1.82 bits per heavy atom. The van der Waals surface area contributed by atoms with Crippen LogP contribution in [-0.4, -0.2) is 24.0 Å². The molecule has 0 amide bonds. The molecule has 17 heavy (non-hydrogen) atoms. The summed E-state index contributed by atoms with van der Waals surface area (Å²) in [6.45, 7) is 6.98. The van der Waals surface area contributed by atoms with Crippen molar-refractivity contribution in [3.63, 3.8) is 0 Å². The van der Waals surface area contributed by atoms with Crippen LogP contribution in [0.3, 0.4) is 0 Å². The van der Waals surface area contributed by atoms with Crippen molar-refractivity contribution in [2.45, 2.75) is 44.0 Å². The quantitative estimate of drug-likeness (QED) is 0.737. The highest BCUT2D eigenvalue weighted by atomic mass is 79.9. The lowest BCUT2D eigenvalue weighted by Gasteiger charge is -2.30. The fourth-order valence-electron chi connectivity index (χ4n) is 2.86. The second-order valence-corrected chi connectivity index (χ2v) is 5.89. The van der Waals surface area contributed by atoms with Crippen LogP contribution >= 0.6 is 15.9 Å². The minimum Gasteiger partial charge on any atom is -0.299 e. The van der Waals surface area contributed by atoms with Gasteiger partial charge in [-0.05, 0) is 43.5 Å². The molecule has 0 spiro atoms. The molecule has 1 aliphatic carbocycles. The van der Waals surface area contributed by atoms with Crippen molar-refractivity contribution in [2.24, 2.45) is 0 Å². The maximum absolute atomic E-state index is 3.90. The number of rotatable bonds is 5. The smallest absolute Gasteiger partial charge is 0.0556 e. The molecule has 0 saturated heterocycles. The van der Waals surface area contributed by atoms with Crippen molar-refractivity contribution in [1.29, 1.82) is 0 Å². The fraction of sp³-hybridized carbons (Fsp3) is 0.600. The summed E-state index contributed by atoms with van der Waals surface area (Å²) >= 11 is 3.90. The number of benzene rings is 1. The second-order valence-electron chi connectivity index (χ2n) is 4.91. The number of hydrogen-bond acceptors (Lipinski definition) is 1. The van der Waals surface area contributed by atoms with E-state index in [2.05, 4.69) is 58.9 Å². The molecule has 0 fully saturated rings. The zero-order chi connectivity index (χ0) is 12.3.